The number of amides is 1. The maximum Gasteiger partial charge on any atom is 0.408 e. The van der Waals surface area contributed by atoms with E-state index in [2.05, 4.69) is 15.7 Å². The van der Waals surface area contributed by atoms with E-state index in [9.17, 15) is 24.3 Å². The fourth-order valence-electron chi connectivity index (χ4n) is 8.13. The van der Waals surface area contributed by atoms with Crippen LogP contribution in [0.15, 0.2) is 12.3 Å². The number of alkyl carbamates (subject to hydrolysis) is 1. The van der Waals surface area contributed by atoms with Gasteiger partial charge in [0.1, 0.15) is 18.0 Å². The molecule has 4 rings (SSSR count). The zero-order valence-corrected chi connectivity index (χ0v) is 32.3. The van der Waals surface area contributed by atoms with E-state index in [0.717, 1.165) is 12.6 Å². The molecule has 294 valence electrons. The van der Waals surface area contributed by atoms with Gasteiger partial charge in [0.25, 0.3) is 5.67 Å². The Morgan fingerprint density at radius 2 is 1.83 bits per heavy atom. The van der Waals surface area contributed by atoms with Crippen LogP contribution in [0.4, 0.5) is 9.18 Å². The summed E-state index contributed by atoms with van der Waals surface area (Å²) in [6.45, 7) is 11.3. The normalized spacial score (nSPS) is 40.9. The number of methoxy groups -OCH3 is 1. The van der Waals surface area contributed by atoms with Crippen LogP contribution in [-0.2, 0) is 51.7 Å². The van der Waals surface area contributed by atoms with E-state index < -0.39 is 95.3 Å². The molecule has 1 aromatic rings. The van der Waals surface area contributed by atoms with E-state index in [4.69, 9.17) is 23.7 Å². The van der Waals surface area contributed by atoms with Gasteiger partial charge in [-0.25, -0.2) is 14.0 Å². The molecule has 0 aliphatic carbocycles. The largest absolute Gasteiger partial charge is 0.455 e. The van der Waals surface area contributed by atoms with Crippen molar-refractivity contribution in [2.45, 2.75) is 134 Å². The van der Waals surface area contributed by atoms with Gasteiger partial charge in [0.2, 0.25) is 0 Å². The fourth-order valence-corrected chi connectivity index (χ4v) is 8.13. The number of aryl methyl sites for hydroxylation is 1. The lowest BCUT2D eigenvalue weighted by atomic mass is 9.73. The van der Waals surface area contributed by atoms with Gasteiger partial charge in [-0.15, -0.1) is 0 Å². The maximum absolute atomic E-state index is 16.6. The van der Waals surface area contributed by atoms with Crippen molar-refractivity contribution in [3.8, 4) is 0 Å². The molecule has 3 N–H and O–H groups in total. The highest BCUT2D eigenvalue weighted by Gasteiger charge is 2.59. The number of ether oxygens (including phenoxy) is 5. The van der Waals surface area contributed by atoms with Gasteiger partial charge in [0.15, 0.2) is 17.7 Å². The summed E-state index contributed by atoms with van der Waals surface area (Å²) < 4.78 is 48.5. The summed E-state index contributed by atoms with van der Waals surface area (Å²) in [5.74, 6) is -5.81. The second kappa shape index (κ2) is 16.1. The van der Waals surface area contributed by atoms with Crippen LogP contribution in [-0.4, -0.2) is 131 Å². The smallest absolute Gasteiger partial charge is 0.408 e. The Morgan fingerprint density at radius 1 is 1.15 bits per heavy atom. The van der Waals surface area contributed by atoms with Crippen molar-refractivity contribution < 1.29 is 52.4 Å². The van der Waals surface area contributed by atoms with Gasteiger partial charge < -0.3 is 44.3 Å². The fraction of sp³-hybridized carbons (Fsp3) is 0.806. The average Bonchev–Trinajstić information content (AvgIpc) is 3.65. The molecule has 3 aliphatic rings. The zero-order chi connectivity index (χ0) is 38.9. The van der Waals surface area contributed by atoms with E-state index in [0.29, 0.717) is 19.5 Å². The molecule has 0 radical (unpaired) electrons. The molecule has 4 heterocycles. The third-order valence-corrected chi connectivity index (χ3v) is 11.3. The molecule has 52 heavy (non-hydrogen) atoms. The zero-order valence-electron chi connectivity index (χ0n) is 32.3. The molecule has 16 heteroatoms. The first-order chi connectivity index (χ1) is 24.2. The number of aromatic nitrogens is 2. The molecular weight excluding hydrogens is 681 g/mol. The van der Waals surface area contributed by atoms with Crippen molar-refractivity contribution in [1.29, 1.82) is 0 Å². The van der Waals surface area contributed by atoms with E-state index in [-0.39, 0.29) is 18.6 Å². The minimum absolute atomic E-state index is 0.00711. The summed E-state index contributed by atoms with van der Waals surface area (Å²) in [6.07, 6.45) is -3.91. The number of ketones is 2. The number of rotatable bonds is 9. The molecule has 3 aliphatic heterocycles. The molecule has 1 aromatic heterocycles. The number of fused-ring (bicyclic) bond motifs is 1. The van der Waals surface area contributed by atoms with Crippen molar-refractivity contribution in [3.63, 3.8) is 0 Å². The highest BCUT2D eigenvalue weighted by atomic mass is 19.1. The van der Waals surface area contributed by atoms with Crippen LogP contribution in [0.5, 0.6) is 0 Å². The number of aliphatic hydroxyl groups is 1. The van der Waals surface area contributed by atoms with Gasteiger partial charge in [-0.1, -0.05) is 27.7 Å². The molecule has 2 unspecified atom stereocenters. The quantitative estimate of drug-likeness (QED) is 0.248. The minimum atomic E-state index is -3.17. The van der Waals surface area contributed by atoms with E-state index in [1.807, 2.05) is 38.3 Å². The van der Waals surface area contributed by atoms with Crippen molar-refractivity contribution in [1.82, 2.24) is 25.3 Å². The van der Waals surface area contributed by atoms with Crippen LogP contribution in [0.2, 0.25) is 0 Å². The molecule has 15 nitrogen and oxygen atoms in total. The number of nitrogens with zero attached hydrogens (tertiary/aromatic N) is 3. The Kier molecular flexibility index (Phi) is 13.0. The number of esters is 1. The Labute approximate surface area is 305 Å². The van der Waals surface area contributed by atoms with Crippen LogP contribution in [0.1, 0.15) is 73.4 Å². The van der Waals surface area contributed by atoms with E-state index >= 15 is 4.39 Å². The summed E-state index contributed by atoms with van der Waals surface area (Å²) in [4.78, 5) is 56.3. The van der Waals surface area contributed by atoms with Crippen molar-refractivity contribution in [2.75, 3.05) is 27.7 Å². The molecule has 0 aromatic carbocycles. The van der Waals surface area contributed by atoms with Crippen LogP contribution in [0, 0.1) is 17.8 Å². The molecule has 0 saturated carbocycles. The third-order valence-electron chi connectivity index (χ3n) is 11.3. The lowest BCUT2D eigenvalue weighted by Gasteiger charge is -2.47. The molecule has 1 amide bonds. The first kappa shape index (κ1) is 41.7. The summed E-state index contributed by atoms with van der Waals surface area (Å²) in [6, 6.07) is 0.531. The van der Waals surface area contributed by atoms with Crippen LogP contribution < -0.4 is 10.6 Å². The standard InChI is InChI=1S/C36H58FN5O10/c1-12-25-36(7)28(39-33(47)52-36)20(3)26(43)19(2)16-34(5,48-11)30(21(4)29(45)35(6,37)32(46)50-25)51-31-27(44)24(41(8)9)15-23(49-31)18-38-17-22-13-14-42(10)40-22/h13-14,19-21,23-25,27-28,30-31,38,44H,12,15-18H2,1-11H3,(H,39,47)/t19-,20+,21+,23+,24?,25+,27?,28-,30-,31+,34-,35+,36-/m1/s1. The summed E-state index contributed by atoms with van der Waals surface area (Å²) in [7, 11) is 6.86. The van der Waals surface area contributed by atoms with E-state index in [1.54, 1.807) is 32.4 Å². The number of halogens is 1. The Hall–Kier alpha value is -3.02. The number of carbonyl (C=O) groups excluding carboxylic acids is 4. The lowest BCUT2D eigenvalue weighted by Crippen LogP contribution is -2.62. The average molecular weight is 740 g/mol. The number of nitrogens with one attached hydrogen (secondary N) is 2. The number of Topliss-reactive ketones (excluding diaryl/α,β-unsaturated/α-hetero) is 2. The molecule has 0 bridgehead atoms. The number of cyclic esters (lactones) is 1. The first-order valence-corrected chi connectivity index (χ1v) is 18.1. The summed E-state index contributed by atoms with van der Waals surface area (Å²) in [5.41, 5.74) is -5.33. The predicted molar refractivity (Wildman–Crippen MR) is 186 cm³/mol. The predicted octanol–water partition coefficient (Wildman–Crippen LogP) is 2.07. The van der Waals surface area contributed by atoms with Crippen molar-refractivity contribution >= 4 is 23.6 Å². The SMILES string of the molecule is CC[C@@H]1OC(=O)[C@@](C)(F)C(=O)[C@H](C)[C@@H](O[C@@H]2O[C@H](CNCc3ccn(C)n3)CC(N(C)C)C2O)[C@](C)(OC)C[C@@H](C)C(=O)[C@H](C)[C@H]2NC(=O)O[C@]12C. The second-order valence-electron chi connectivity index (χ2n) is 15.5. The summed E-state index contributed by atoms with van der Waals surface area (Å²) >= 11 is 0. The number of likely N-dealkylation sites (N-methyl/N-ethyl adjacent to an activating group) is 1. The Morgan fingerprint density at radius 3 is 2.40 bits per heavy atom. The molecule has 13 atom stereocenters. The molecular formula is C36H58FN5O10. The van der Waals surface area contributed by atoms with Gasteiger partial charge in [0.05, 0.1) is 29.5 Å². The van der Waals surface area contributed by atoms with Gasteiger partial charge in [0, 0.05) is 57.2 Å². The minimum Gasteiger partial charge on any atom is -0.455 e. The highest BCUT2D eigenvalue weighted by Crippen LogP contribution is 2.41. The molecule has 3 fully saturated rings. The highest BCUT2D eigenvalue weighted by molar-refractivity contribution is 6.07. The number of carbonyl (C=O) groups is 4. The van der Waals surface area contributed by atoms with Crippen LogP contribution in [0.25, 0.3) is 0 Å². The second-order valence-corrected chi connectivity index (χ2v) is 15.5. The topological polar surface area (TPSA) is 180 Å². The van der Waals surface area contributed by atoms with Crippen molar-refractivity contribution in [2.24, 2.45) is 24.8 Å². The number of hydrogen-bond acceptors (Lipinski definition) is 13. The monoisotopic (exact) mass is 739 g/mol. The number of alkyl halides is 1. The van der Waals surface area contributed by atoms with Crippen LogP contribution in [0.3, 0.4) is 0 Å². The van der Waals surface area contributed by atoms with Gasteiger partial charge in [-0.2, -0.15) is 5.10 Å². The Bertz CT molecular complexity index is 1460. The number of aliphatic hydroxyl groups excluding tert-OH is 1. The van der Waals surface area contributed by atoms with Gasteiger partial charge in [-0.3, -0.25) is 14.3 Å². The van der Waals surface area contributed by atoms with Crippen LogP contribution >= 0.6 is 0 Å². The maximum atomic E-state index is 16.6. The third kappa shape index (κ3) is 8.36. The lowest BCUT2D eigenvalue weighted by molar-refractivity contribution is -0.297. The summed E-state index contributed by atoms with van der Waals surface area (Å²) in [5, 5.41) is 22.0. The molecule has 0 spiro atoms. The molecule has 3 saturated heterocycles. The van der Waals surface area contributed by atoms with Gasteiger partial charge in [-0.05, 0) is 60.2 Å². The Balaban J connectivity index is 1.71. The van der Waals surface area contributed by atoms with E-state index in [1.165, 1.54) is 21.0 Å². The van der Waals surface area contributed by atoms with Gasteiger partial charge >= 0.3 is 12.1 Å². The van der Waals surface area contributed by atoms with Crippen molar-refractivity contribution in [3.05, 3.63) is 18.0 Å². The number of hydrogen-bond donors (Lipinski definition) is 3. The first-order valence-electron chi connectivity index (χ1n) is 18.1.